The van der Waals surface area contributed by atoms with Crippen LogP contribution in [0.4, 0.5) is 0 Å². The number of rotatable bonds is 3. The van der Waals surface area contributed by atoms with Crippen LogP contribution < -0.4 is 0 Å². The standard InChI is InChI=1S/C18H19N/c1-3-17(15-9-5-4-6-10-15)19-13-12-16-14(2)8-7-11-18(16)19/h4-13,17H,3H2,1-2H3. The van der Waals surface area contributed by atoms with Crippen LogP contribution >= 0.6 is 0 Å². The van der Waals surface area contributed by atoms with Gasteiger partial charge in [0, 0.05) is 17.1 Å². The summed E-state index contributed by atoms with van der Waals surface area (Å²) in [4.78, 5) is 0. The van der Waals surface area contributed by atoms with E-state index in [0.717, 1.165) is 6.42 Å². The van der Waals surface area contributed by atoms with E-state index in [1.54, 1.807) is 0 Å². The van der Waals surface area contributed by atoms with Crippen molar-refractivity contribution in [3.8, 4) is 0 Å². The fraction of sp³-hybridized carbons (Fsp3) is 0.222. The second-order valence-corrected chi connectivity index (χ2v) is 5.07. The molecule has 0 amide bonds. The fourth-order valence-corrected chi connectivity index (χ4v) is 2.88. The lowest BCUT2D eigenvalue weighted by molar-refractivity contribution is 0.585. The van der Waals surface area contributed by atoms with Crippen LogP contribution in [-0.4, -0.2) is 4.57 Å². The van der Waals surface area contributed by atoms with Crippen molar-refractivity contribution in [2.24, 2.45) is 0 Å². The van der Waals surface area contributed by atoms with Crippen LogP contribution in [-0.2, 0) is 0 Å². The second kappa shape index (κ2) is 4.93. The minimum absolute atomic E-state index is 0.417. The topological polar surface area (TPSA) is 4.93 Å². The van der Waals surface area contributed by atoms with Gasteiger partial charge in [-0.2, -0.15) is 0 Å². The number of fused-ring (bicyclic) bond motifs is 1. The molecule has 0 aliphatic rings. The zero-order valence-electron chi connectivity index (χ0n) is 11.5. The number of nitrogens with zero attached hydrogens (tertiary/aromatic N) is 1. The van der Waals surface area contributed by atoms with Gasteiger partial charge in [0.15, 0.2) is 0 Å². The minimum Gasteiger partial charge on any atom is -0.340 e. The lowest BCUT2D eigenvalue weighted by atomic mass is 10.0. The summed E-state index contributed by atoms with van der Waals surface area (Å²) in [6.07, 6.45) is 3.32. The van der Waals surface area contributed by atoms with Gasteiger partial charge >= 0.3 is 0 Å². The lowest BCUT2D eigenvalue weighted by Gasteiger charge is -2.19. The third-order valence-corrected chi connectivity index (χ3v) is 3.89. The smallest absolute Gasteiger partial charge is 0.0583 e. The van der Waals surface area contributed by atoms with Crippen LogP contribution in [0.25, 0.3) is 10.9 Å². The molecule has 0 bridgehead atoms. The number of hydrogen-bond donors (Lipinski definition) is 0. The van der Waals surface area contributed by atoms with Gasteiger partial charge in [0.2, 0.25) is 0 Å². The molecule has 1 heterocycles. The molecule has 0 fully saturated rings. The zero-order chi connectivity index (χ0) is 13.2. The Labute approximate surface area is 114 Å². The van der Waals surface area contributed by atoms with Gasteiger partial charge in [-0.25, -0.2) is 0 Å². The molecule has 0 N–H and O–H groups in total. The Hall–Kier alpha value is -2.02. The van der Waals surface area contributed by atoms with Crippen molar-refractivity contribution in [1.29, 1.82) is 0 Å². The molecule has 96 valence electrons. The number of benzene rings is 2. The summed E-state index contributed by atoms with van der Waals surface area (Å²) >= 11 is 0. The highest BCUT2D eigenvalue weighted by atomic mass is 15.0. The van der Waals surface area contributed by atoms with Crippen molar-refractivity contribution < 1.29 is 0 Å². The van der Waals surface area contributed by atoms with Gasteiger partial charge in [0.1, 0.15) is 0 Å². The monoisotopic (exact) mass is 249 g/mol. The van der Waals surface area contributed by atoms with Crippen molar-refractivity contribution in [3.05, 3.63) is 71.9 Å². The molecule has 0 aliphatic heterocycles. The molecule has 1 heteroatoms. The molecule has 19 heavy (non-hydrogen) atoms. The third-order valence-electron chi connectivity index (χ3n) is 3.89. The molecule has 0 saturated carbocycles. The molecule has 0 saturated heterocycles. The van der Waals surface area contributed by atoms with Crippen LogP contribution in [0.3, 0.4) is 0 Å². The predicted octanol–water partition coefficient (Wildman–Crippen LogP) is 4.95. The molecule has 3 rings (SSSR count). The van der Waals surface area contributed by atoms with E-state index in [9.17, 15) is 0 Å². The van der Waals surface area contributed by atoms with Crippen LogP contribution in [0.1, 0.15) is 30.5 Å². The third kappa shape index (κ3) is 2.06. The van der Waals surface area contributed by atoms with Crippen LogP contribution in [0.15, 0.2) is 60.8 Å². The van der Waals surface area contributed by atoms with Gasteiger partial charge in [-0.3, -0.25) is 0 Å². The van der Waals surface area contributed by atoms with Crippen LogP contribution in [0.5, 0.6) is 0 Å². The quantitative estimate of drug-likeness (QED) is 0.619. The Balaban J connectivity index is 2.15. The van der Waals surface area contributed by atoms with E-state index in [1.807, 2.05) is 0 Å². The molecule has 1 unspecified atom stereocenters. The molecule has 0 radical (unpaired) electrons. The summed E-state index contributed by atoms with van der Waals surface area (Å²) in [6, 6.07) is 19.9. The first kappa shape index (κ1) is 12.0. The van der Waals surface area contributed by atoms with E-state index in [4.69, 9.17) is 0 Å². The van der Waals surface area contributed by atoms with Crippen LogP contribution in [0, 0.1) is 6.92 Å². The summed E-state index contributed by atoms with van der Waals surface area (Å²) in [5.74, 6) is 0. The Morgan fingerprint density at radius 2 is 1.74 bits per heavy atom. The highest BCUT2D eigenvalue weighted by Crippen LogP contribution is 2.28. The summed E-state index contributed by atoms with van der Waals surface area (Å²) in [5.41, 5.74) is 4.05. The van der Waals surface area contributed by atoms with Crippen molar-refractivity contribution in [2.75, 3.05) is 0 Å². The minimum atomic E-state index is 0.417. The average Bonchev–Trinajstić information content (AvgIpc) is 2.87. The molecule has 1 aromatic heterocycles. The highest BCUT2D eigenvalue weighted by molar-refractivity contribution is 5.83. The van der Waals surface area contributed by atoms with Gasteiger partial charge in [-0.15, -0.1) is 0 Å². The maximum absolute atomic E-state index is 2.40. The second-order valence-electron chi connectivity index (χ2n) is 5.07. The SMILES string of the molecule is CCC(c1ccccc1)n1ccc2c(C)cccc21. The van der Waals surface area contributed by atoms with E-state index in [-0.39, 0.29) is 0 Å². The molecular formula is C18H19N. The van der Waals surface area contributed by atoms with Gasteiger partial charge in [0.25, 0.3) is 0 Å². The molecule has 1 atom stereocenters. The number of aryl methyl sites for hydroxylation is 1. The predicted molar refractivity (Wildman–Crippen MR) is 81.5 cm³/mol. The van der Waals surface area contributed by atoms with Crippen LogP contribution in [0.2, 0.25) is 0 Å². The molecular weight excluding hydrogens is 230 g/mol. The Morgan fingerprint density at radius 1 is 0.947 bits per heavy atom. The van der Waals surface area contributed by atoms with Gasteiger partial charge < -0.3 is 4.57 Å². The molecule has 0 spiro atoms. The lowest BCUT2D eigenvalue weighted by Crippen LogP contribution is -2.08. The molecule has 1 nitrogen and oxygen atoms in total. The van der Waals surface area contributed by atoms with E-state index < -0.39 is 0 Å². The number of aromatic nitrogens is 1. The average molecular weight is 249 g/mol. The summed E-state index contributed by atoms with van der Waals surface area (Å²) in [6.45, 7) is 4.43. The largest absolute Gasteiger partial charge is 0.340 e. The fourth-order valence-electron chi connectivity index (χ4n) is 2.88. The van der Waals surface area contributed by atoms with Gasteiger partial charge in [0.05, 0.1) is 6.04 Å². The van der Waals surface area contributed by atoms with E-state index in [1.165, 1.54) is 22.0 Å². The maximum atomic E-state index is 2.40. The summed E-state index contributed by atoms with van der Waals surface area (Å²) in [7, 11) is 0. The normalized spacial score (nSPS) is 12.7. The first-order valence-corrected chi connectivity index (χ1v) is 6.92. The Kier molecular flexibility index (Phi) is 3.12. The van der Waals surface area contributed by atoms with E-state index >= 15 is 0 Å². The zero-order valence-corrected chi connectivity index (χ0v) is 11.5. The van der Waals surface area contributed by atoms with Crippen molar-refractivity contribution in [3.63, 3.8) is 0 Å². The van der Waals surface area contributed by atoms with E-state index in [0.29, 0.717) is 6.04 Å². The first-order chi connectivity index (χ1) is 9.31. The molecule has 2 aromatic carbocycles. The van der Waals surface area contributed by atoms with Gasteiger partial charge in [-0.05, 0) is 36.6 Å². The van der Waals surface area contributed by atoms with E-state index in [2.05, 4.69) is 79.2 Å². The van der Waals surface area contributed by atoms with Crippen molar-refractivity contribution >= 4 is 10.9 Å². The molecule has 0 aliphatic carbocycles. The summed E-state index contributed by atoms with van der Waals surface area (Å²) < 4.78 is 2.40. The Bertz CT molecular complexity index is 679. The maximum Gasteiger partial charge on any atom is 0.0583 e. The highest BCUT2D eigenvalue weighted by Gasteiger charge is 2.13. The first-order valence-electron chi connectivity index (χ1n) is 6.92. The van der Waals surface area contributed by atoms with Crippen molar-refractivity contribution in [1.82, 2.24) is 4.57 Å². The summed E-state index contributed by atoms with van der Waals surface area (Å²) in [5, 5.41) is 1.36. The number of hydrogen-bond acceptors (Lipinski definition) is 0. The van der Waals surface area contributed by atoms with Gasteiger partial charge in [-0.1, -0.05) is 49.4 Å². The molecule has 3 aromatic rings. The van der Waals surface area contributed by atoms with Crippen molar-refractivity contribution in [2.45, 2.75) is 26.3 Å². The Morgan fingerprint density at radius 3 is 2.47 bits per heavy atom.